The van der Waals surface area contributed by atoms with E-state index in [0.29, 0.717) is 18.9 Å². The molecular weight excluding hydrogens is 218 g/mol. The maximum atomic E-state index is 9.27. The van der Waals surface area contributed by atoms with Crippen molar-refractivity contribution in [1.82, 2.24) is 0 Å². The lowest BCUT2D eigenvalue weighted by atomic mass is 10.2. The van der Waals surface area contributed by atoms with E-state index < -0.39 is 6.10 Å². The zero-order valence-electron chi connectivity index (χ0n) is 10.5. The van der Waals surface area contributed by atoms with Gasteiger partial charge in [-0.3, -0.25) is 0 Å². The fraction of sp³-hybridized carbons (Fsp3) is 0.462. The summed E-state index contributed by atoms with van der Waals surface area (Å²) < 4.78 is 10.4. The van der Waals surface area contributed by atoms with E-state index in [1.165, 1.54) is 0 Å². The minimum Gasteiger partial charge on any atom is -0.494 e. The third-order valence-electron chi connectivity index (χ3n) is 2.11. The molecule has 0 bridgehead atoms. The molecule has 1 rings (SSSR count). The van der Waals surface area contributed by atoms with E-state index in [1.54, 1.807) is 14.0 Å². The highest BCUT2D eigenvalue weighted by atomic mass is 16.5. The molecule has 1 atom stereocenters. The second-order valence-corrected chi connectivity index (χ2v) is 3.69. The van der Waals surface area contributed by atoms with Gasteiger partial charge in [0.25, 0.3) is 0 Å². The molecule has 0 saturated carbocycles. The predicted molar refractivity (Wildman–Crippen MR) is 68.0 cm³/mol. The quantitative estimate of drug-likeness (QED) is 0.632. The third kappa shape index (κ3) is 4.87. The highest BCUT2D eigenvalue weighted by Crippen LogP contribution is 2.18. The van der Waals surface area contributed by atoms with Crippen molar-refractivity contribution in [3.05, 3.63) is 24.3 Å². The summed E-state index contributed by atoms with van der Waals surface area (Å²) >= 11 is 0. The average Bonchev–Trinajstić information content (AvgIpc) is 2.30. The zero-order valence-corrected chi connectivity index (χ0v) is 10.5. The summed E-state index contributed by atoms with van der Waals surface area (Å²) in [6, 6.07) is 7.42. The monoisotopic (exact) mass is 237 g/mol. The summed E-state index contributed by atoms with van der Waals surface area (Å²) in [7, 11) is 1.55. The molecule has 0 heterocycles. The van der Waals surface area contributed by atoms with Gasteiger partial charge >= 0.3 is 0 Å². The molecule has 1 aromatic rings. The summed E-state index contributed by atoms with van der Waals surface area (Å²) in [5.74, 6) is 1.34. The van der Waals surface area contributed by atoms with Gasteiger partial charge in [0.05, 0.1) is 25.5 Å². The minimum absolute atomic E-state index is 0.406. The van der Waals surface area contributed by atoms with Crippen LogP contribution in [0.3, 0.4) is 0 Å². The van der Waals surface area contributed by atoms with E-state index in [9.17, 15) is 5.11 Å². The second-order valence-electron chi connectivity index (χ2n) is 3.69. The van der Waals surface area contributed by atoms with E-state index >= 15 is 0 Å². The Labute approximate surface area is 102 Å². The van der Waals surface area contributed by atoms with Gasteiger partial charge in [-0.2, -0.15) is 0 Å². The lowest BCUT2D eigenvalue weighted by molar-refractivity contribution is 0.194. The highest BCUT2D eigenvalue weighted by molar-refractivity contribution is 5.79. The van der Waals surface area contributed by atoms with Crippen molar-refractivity contribution in [3.8, 4) is 5.75 Å². The van der Waals surface area contributed by atoms with Crippen LogP contribution < -0.4 is 4.74 Å². The average molecular weight is 237 g/mol. The van der Waals surface area contributed by atoms with Gasteiger partial charge in [0.2, 0.25) is 0 Å². The first-order valence-corrected chi connectivity index (χ1v) is 5.68. The number of nitrogens with zero attached hydrogens (tertiary/aromatic N) is 1. The van der Waals surface area contributed by atoms with Crippen LogP contribution in [-0.4, -0.2) is 30.8 Å². The van der Waals surface area contributed by atoms with Gasteiger partial charge in [-0.1, -0.05) is 0 Å². The van der Waals surface area contributed by atoms with Gasteiger partial charge in [0, 0.05) is 6.42 Å². The summed E-state index contributed by atoms with van der Waals surface area (Å²) in [4.78, 5) is 4.30. The Bertz CT molecular complexity index is 357. The molecule has 0 saturated heterocycles. The number of aliphatic hydroxyl groups is 1. The van der Waals surface area contributed by atoms with Crippen molar-refractivity contribution < 1.29 is 14.6 Å². The van der Waals surface area contributed by atoms with Gasteiger partial charge < -0.3 is 14.6 Å². The van der Waals surface area contributed by atoms with Crippen LogP contribution in [0.15, 0.2) is 29.3 Å². The molecule has 1 unspecified atom stereocenters. The number of aliphatic hydroxyl groups excluding tert-OH is 1. The molecule has 0 aromatic heterocycles. The van der Waals surface area contributed by atoms with E-state index in [2.05, 4.69) is 4.99 Å². The van der Waals surface area contributed by atoms with Crippen LogP contribution in [0, 0.1) is 0 Å². The highest BCUT2D eigenvalue weighted by Gasteiger charge is 2.04. The molecule has 1 aromatic carbocycles. The largest absolute Gasteiger partial charge is 0.494 e. The first-order valence-electron chi connectivity index (χ1n) is 5.68. The Morgan fingerprint density at radius 2 is 2.00 bits per heavy atom. The lowest BCUT2D eigenvalue weighted by Gasteiger charge is -2.07. The SMILES string of the molecule is CCOc1ccc(/N=C(/CC(C)O)OC)cc1. The molecule has 1 N–H and O–H groups in total. The van der Waals surface area contributed by atoms with Crippen LogP contribution in [-0.2, 0) is 4.74 Å². The number of rotatable bonds is 5. The molecule has 0 aliphatic carbocycles. The molecule has 0 amide bonds. The first-order chi connectivity index (χ1) is 8.15. The van der Waals surface area contributed by atoms with Crippen molar-refractivity contribution >= 4 is 11.6 Å². The van der Waals surface area contributed by atoms with Gasteiger partial charge in [-0.25, -0.2) is 4.99 Å². The molecule has 94 valence electrons. The van der Waals surface area contributed by atoms with Crippen LogP contribution >= 0.6 is 0 Å². The topological polar surface area (TPSA) is 51.0 Å². The maximum Gasteiger partial charge on any atom is 0.190 e. The Morgan fingerprint density at radius 1 is 1.35 bits per heavy atom. The van der Waals surface area contributed by atoms with Gasteiger partial charge in [-0.05, 0) is 38.1 Å². The van der Waals surface area contributed by atoms with Gasteiger partial charge in [0.15, 0.2) is 5.90 Å². The van der Waals surface area contributed by atoms with Crippen molar-refractivity contribution in [1.29, 1.82) is 0 Å². The van der Waals surface area contributed by atoms with Crippen molar-refractivity contribution in [2.24, 2.45) is 4.99 Å². The normalized spacial score (nSPS) is 13.3. The smallest absolute Gasteiger partial charge is 0.190 e. The summed E-state index contributed by atoms with van der Waals surface area (Å²) in [6.45, 7) is 4.29. The first kappa shape index (κ1) is 13.5. The number of methoxy groups -OCH3 is 1. The Balaban J connectivity index is 2.74. The molecule has 17 heavy (non-hydrogen) atoms. The number of aliphatic imine (C=N–C) groups is 1. The molecule has 0 radical (unpaired) electrons. The summed E-state index contributed by atoms with van der Waals surface area (Å²) in [5, 5.41) is 9.27. The van der Waals surface area contributed by atoms with Crippen molar-refractivity contribution in [3.63, 3.8) is 0 Å². The molecule has 0 aliphatic heterocycles. The van der Waals surface area contributed by atoms with Gasteiger partial charge in [0.1, 0.15) is 5.75 Å². The van der Waals surface area contributed by atoms with E-state index in [0.717, 1.165) is 11.4 Å². The third-order valence-corrected chi connectivity index (χ3v) is 2.11. The van der Waals surface area contributed by atoms with Crippen LogP contribution in [0.25, 0.3) is 0 Å². The van der Waals surface area contributed by atoms with Crippen LogP contribution in [0.2, 0.25) is 0 Å². The Hall–Kier alpha value is -1.55. The molecule has 0 aliphatic rings. The van der Waals surface area contributed by atoms with Crippen molar-refractivity contribution in [2.75, 3.05) is 13.7 Å². The summed E-state index contributed by atoms with van der Waals surface area (Å²) in [6.07, 6.45) is -0.0552. The Morgan fingerprint density at radius 3 is 2.47 bits per heavy atom. The van der Waals surface area contributed by atoms with Crippen LogP contribution in [0.4, 0.5) is 5.69 Å². The van der Waals surface area contributed by atoms with Gasteiger partial charge in [-0.15, -0.1) is 0 Å². The number of benzene rings is 1. The molecule has 4 heteroatoms. The molecule has 0 spiro atoms. The van der Waals surface area contributed by atoms with E-state index in [-0.39, 0.29) is 0 Å². The predicted octanol–water partition coefficient (Wildman–Crippen LogP) is 2.53. The fourth-order valence-corrected chi connectivity index (χ4v) is 1.35. The molecule has 4 nitrogen and oxygen atoms in total. The van der Waals surface area contributed by atoms with E-state index in [1.807, 2.05) is 31.2 Å². The number of hydrogen-bond donors (Lipinski definition) is 1. The van der Waals surface area contributed by atoms with E-state index in [4.69, 9.17) is 9.47 Å². The number of ether oxygens (including phenoxy) is 2. The molecule has 0 fully saturated rings. The maximum absolute atomic E-state index is 9.27. The number of hydrogen-bond acceptors (Lipinski definition) is 4. The molecular formula is C13H19NO3. The van der Waals surface area contributed by atoms with Crippen molar-refractivity contribution in [2.45, 2.75) is 26.4 Å². The zero-order chi connectivity index (χ0) is 12.7. The second kappa shape index (κ2) is 6.91. The minimum atomic E-state index is -0.462. The summed E-state index contributed by atoms with van der Waals surface area (Å²) in [5.41, 5.74) is 0.783. The Kier molecular flexibility index (Phi) is 5.49. The van der Waals surface area contributed by atoms with Crippen LogP contribution in [0.1, 0.15) is 20.3 Å². The lowest BCUT2D eigenvalue weighted by Crippen LogP contribution is -2.10. The standard InChI is InChI=1S/C13H19NO3/c1-4-17-12-7-5-11(6-8-12)14-13(16-3)9-10(2)15/h5-8,10,15H,4,9H2,1-3H3/b14-13-. The van der Waals surface area contributed by atoms with Crippen LogP contribution in [0.5, 0.6) is 5.75 Å². The fourth-order valence-electron chi connectivity index (χ4n) is 1.35.